The van der Waals surface area contributed by atoms with Crippen molar-refractivity contribution in [3.63, 3.8) is 0 Å². The highest BCUT2D eigenvalue weighted by Crippen LogP contribution is 2.29. The summed E-state index contributed by atoms with van der Waals surface area (Å²) in [7, 11) is 1.57. The summed E-state index contributed by atoms with van der Waals surface area (Å²) in [6.07, 6.45) is 1.32. The largest absolute Gasteiger partial charge is 0.306 e. The summed E-state index contributed by atoms with van der Waals surface area (Å²) in [6.45, 7) is 0. The van der Waals surface area contributed by atoms with Crippen LogP contribution in [0.4, 0.5) is 15.9 Å². The number of fused-ring (bicyclic) bond motifs is 1. The highest BCUT2D eigenvalue weighted by molar-refractivity contribution is 6.34. The molecule has 0 saturated carbocycles. The van der Waals surface area contributed by atoms with Gasteiger partial charge in [-0.05, 0) is 42.5 Å². The van der Waals surface area contributed by atoms with Crippen molar-refractivity contribution in [2.45, 2.75) is 0 Å². The second kappa shape index (κ2) is 6.69. The van der Waals surface area contributed by atoms with Crippen molar-refractivity contribution in [3.8, 4) is 6.07 Å². The molecule has 9 heteroatoms. The fourth-order valence-corrected chi connectivity index (χ4v) is 3.05. The molecule has 0 fully saturated rings. The summed E-state index contributed by atoms with van der Waals surface area (Å²) in [5, 5.41) is 15.6. The first-order valence-corrected chi connectivity index (χ1v) is 8.42. The van der Waals surface area contributed by atoms with E-state index in [1.165, 1.54) is 41.2 Å². The first kappa shape index (κ1) is 18.1. The number of carbonyl (C=O) groups excluding carboxylic acids is 3. The lowest BCUT2D eigenvalue weighted by Crippen LogP contribution is -2.29. The van der Waals surface area contributed by atoms with E-state index in [4.69, 9.17) is 5.26 Å². The number of aryl methyl sites for hydroxylation is 1. The van der Waals surface area contributed by atoms with Crippen molar-refractivity contribution >= 4 is 29.2 Å². The molecular weight excluding hydrogens is 377 g/mol. The third kappa shape index (κ3) is 2.93. The van der Waals surface area contributed by atoms with Crippen LogP contribution in [0.15, 0.2) is 48.7 Å². The predicted octanol–water partition coefficient (Wildman–Crippen LogP) is 2.48. The molecule has 2 heterocycles. The van der Waals surface area contributed by atoms with E-state index >= 15 is 0 Å². The number of nitrogens with zero attached hydrogens (tertiary/aromatic N) is 4. The smallest absolute Gasteiger partial charge is 0.266 e. The highest BCUT2D eigenvalue weighted by atomic mass is 19.1. The lowest BCUT2D eigenvalue weighted by Gasteiger charge is -2.13. The normalized spacial score (nSPS) is 12.7. The number of imide groups is 1. The van der Waals surface area contributed by atoms with E-state index in [2.05, 4.69) is 10.4 Å². The second-order valence-corrected chi connectivity index (χ2v) is 6.28. The van der Waals surface area contributed by atoms with E-state index < -0.39 is 23.5 Å². The molecule has 1 N–H and O–H groups in total. The predicted molar refractivity (Wildman–Crippen MR) is 99.9 cm³/mol. The van der Waals surface area contributed by atoms with E-state index in [-0.39, 0.29) is 33.8 Å². The van der Waals surface area contributed by atoms with Gasteiger partial charge in [0.05, 0.1) is 23.0 Å². The minimum atomic E-state index is -0.607. The van der Waals surface area contributed by atoms with Gasteiger partial charge in [-0.25, -0.2) is 9.29 Å². The maximum Gasteiger partial charge on any atom is 0.266 e. The van der Waals surface area contributed by atoms with Gasteiger partial charge < -0.3 is 5.32 Å². The number of nitriles is 1. The third-order valence-electron chi connectivity index (χ3n) is 4.52. The van der Waals surface area contributed by atoms with Crippen LogP contribution in [-0.4, -0.2) is 27.5 Å². The van der Waals surface area contributed by atoms with E-state index in [9.17, 15) is 18.8 Å². The second-order valence-electron chi connectivity index (χ2n) is 6.28. The Labute approximate surface area is 163 Å². The summed E-state index contributed by atoms with van der Waals surface area (Å²) in [5.41, 5.74) is 0.774. The quantitative estimate of drug-likeness (QED) is 0.693. The zero-order valence-electron chi connectivity index (χ0n) is 15.0. The van der Waals surface area contributed by atoms with E-state index in [0.29, 0.717) is 0 Å². The zero-order chi connectivity index (χ0) is 20.7. The molecule has 1 aliphatic heterocycles. The maximum atomic E-state index is 13.2. The molecule has 0 atom stereocenters. The van der Waals surface area contributed by atoms with E-state index in [1.54, 1.807) is 7.05 Å². The molecule has 29 heavy (non-hydrogen) atoms. The number of aromatic nitrogens is 2. The molecule has 4 rings (SSSR count). The minimum Gasteiger partial charge on any atom is -0.306 e. The molecule has 0 unspecified atom stereocenters. The Kier molecular flexibility index (Phi) is 4.16. The Morgan fingerprint density at radius 2 is 1.79 bits per heavy atom. The van der Waals surface area contributed by atoms with Crippen molar-refractivity contribution < 1.29 is 18.8 Å². The van der Waals surface area contributed by atoms with E-state index in [1.807, 2.05) is 6.07 Å². The molecule has 0 bridgehead atoms. The van der Waals surface area contributed by atoms with Crippen LogP contribution in [0.1, 0.15) is 36.6 Å². The molecule has 1 aromatic heterocycles. The molecule has 142 valence electrons. The van der Waals surface area contributed by atoms with Crippen LogP contribution in [0.3, 0.4) is 0 Å². The van der Waals surface area contributed by atoms with Gasteiger partial charge in [0.1, 0.15) is 23.3 Å². The Balaban J connectivity index is 1.65. The Bertz CT molecular complexity index is 1220. The number of anilines is 2. The van der Waals surface area contributed by atoms with Crippen molar-refractivity contribution in [2.75, 3.05) is 10.2 Å². The minimum absolute atomic E-state index is 0.0671. The summed E-state index contributed by atoms with van der Waals surface area (Å²) >= 11 is 0. The number of amides is 3. The Hall–Kier alpha value is -4.32. The molecule has 3 aromatic rings. The zero-order valence-corrected chi connectivity index (χ0v) is 15.0. The summed E-state index contributed by atoms with van der Waals surface area (Å²) < 4.78 is 14.5. The first-order chi connectivity index (χ1) is 13.9. The maximum absolute atomic E-state index is 13.2. The van der Waals surface area contributed by atoms with Crippen molar-refractivity contribution in [2.24, 2.45) is 7.05 Å². The fraction of sp³-hybridized carbons (Fsp3) is 0.0500. The highest BCUT2D eigenvalue weighted by Gasteiger charge is 2.37. The van der Waals surface area contributed by atoms with Gasteiger partial charge in [-0.3, -0.25) is 19.1 Å². The molecule has 0 saturated heterocycles. The number of rotatable bonds is 3. The number of benzene rings is 2. The lowest BCUT2D eigenvalue weighted by atomic mass is 10.1. The topological polar surface area (TPSA) is 108 Å². The van der Waals surface area contributed by atoms with Crippen molar-refractivity contribution in [1.29, 1.82) is 5.26 Å². The summed E-state index contributed by atoms with van der Waals surface area (Å²) in [6, 6.07) is 11.0. The number of hydrogen-bond acceptors (Lipinski definition) is 5. The van der Waals surface area contributed by atoms with Gasteiger partial charge in [-0.1, -0.05) is 0 Å². The summed E-state index contributed by atoms with van der Waals surface area (Å²) in [4.78, 5) is 38.9. The molecular formula is C20H12FN5O3. The molecule has 0 spiro atoms. The van der Waals surface area contributed by atoms with Crippen LogP contribution in [0.5, 0.6) is 0 Å². The van der Waals surface area contributed by atoms with Gasteiger partial charge in [0.2, 0.25) is 0 Å². The number of halogens is 1. The lowest BCUT2D eigenvalue weighted by molar-refractivity contribution is 0.0925. The third-order valence-corrected chi connectivity index (χ3v) is 4.52. The van der Waals surface area contributed by atoms with Gasteiger partial charge in [-0.2, -0.15) is 10.4 Å². The van der Waals surface area contributed by atoms with Crippen molar-refractivity contribution in [3.05, 3.63) is 76.7 Å². The Morgan fingerprint density at radius 1 is 1.10 bits per heavy atom. The number of hydrogen-bond donors (Lipinski definition) is 1. The van der Waals surface area contributed by atoms with E-state index in [0.717, 1.165) is 17.0 Å². The molecule has 0 radical (unpaired) electrons. The molecule has 0 aliphatic carbocycles. The van der Waals surface area contributed by atoms with Crippen LogP contribution in [0, 0.1) is 17.1 Å². The van der Waals surface area contributed by atoms with Gasteiger partial charge >= 0.3 is 0 Å². The van der Waals surface area contributed by atoms with Crippen LogP contribution >= 0.6 is 0 Å². The van der Waals surface area contributed by atoms with Gasteiger partial charge in [0.15, 0.2) is 0 Å². The average molecular weight is 389 g/mol. The fourth-order valence-electron chi connectivity index (χ4n) is 3.05. The van der Waals surface area contributed by atoms with Crippen LogP contribution in [0.2, 0.25) is 0 Å². The Morgan fingerprint density at radius 3 is 2.48 bits per heavy atom. The van der Waals surface area contributed by atoms with Crippen LogP contribution in [-0.2, 0) is 7.05 Å². The number of carbonyl (C=O) groups is 3. The monoisotopic (exact) mass is 389 g/mol. The SMILES string of the molecule is Cn1ncc(C#N)c1NC(=O)c1ccc2c(c1)C(=O)N(c1ccc(F)cc1)C2=O. The van der Waals surface area contributed by atoms with Crippen LogP contribution < -0.4 is 10.2 Å². The van der Waals surface area contributed by atoms with Gasteiger partial charge in [0, 0.05) is 12.6 Å². The van der Waals surface area contributed by atoms with Gasteiger partial charge in [-0.15, -0.1) is 0 Å². The molecule has 1 aliphatic rings. The summed E-state index contributed by atoms with van der Waals surface area (Å²) in [5.74, 6) is -2.00. The molecule has 3 amide bonds. The van der Waals surface area contributed by atoms with Gasteiger partial charge in [0.25, 0.3) is 17.7 Å². The standard InChI is InChI=1S/C20H12FN5O3/c1-25-17(12(9-22)10-23-25)24-18(27)11-2-7-15-16(8-11)20(29)26(19(15)28)14-5-3-13(21)4-6-14/h2-8,10H,1H3,(H,24,27). The number of nitrogens with one attached hydrogen (secondary N) is 1. The van der Waals surface area contributed by atoms with Crippen LogP contribution in [0.25, 0.3) is 0 Å². The average Bonchev–Trinajstić information content (AvgIpc) is 3.19. The molecule has 2 aromatic carbocycles. The molecule has 8 nitrogen and oxygen atoms in total. The van der Waals surface area contributed by atoms with Crippen molar-refractivity contribution in [1.82, 2.24) is 9.78 Å². The first-order valence-electron chi connectivity index (χ1n) is 8.42.